The Balaban J connectivity index is 1.92. The minimum Gasteiger partial charge on any atom is -0.330 e. The number of hydrogen-bond donors (Lipinski definition) is 1. The van der Waals surface area contributed by atoms with Gasteiger partial charge in [-0.3, -0.25) is 9.80 Å². The molecule has 1 aliphatic carbocycles. The maximum Gasteiger partial charge on any atom is 0.0235 e. The summed E-state index contributed by atoms with van der Waals surface area (Å²) in [6, 6.07) is 2.19. The fraction of sp³-hybridized carbons (Fsp3) is 1.00. The molecule has 0 aromatic rings. The van der Waals surface area contributed by atoms with E-state index in [1.54, 1.807) is 0 Å². The number of likely N-dealkylation sites (N-methyl/N-ethyl adjacent to an activating group) is 1. The zero-order valence-corrected chi connectivity index (χ0v) is 12.4. The predicted octanol–water partition coefficient (Wildman–Crippen LogP) is 1.92. The van der Waals surface area contributed by atoms with E-state index in [1.165, 1.54) is 45.2 Å². The maximum absolute atomic E-state index is 5.97. The van der Waals surface area contributed by atoms with Crippen LogP contribution in [0, 0.1) is 5.92 Å². The normalized spacial score (nSPS) is 34.7. The molecule has 1 saturated carbocycles. The van der Waals surface area contributed by atoms with Gasteiger partial charge in [0.2, 0.25) is 0 Å². The van der Waals surface area contributed by atoms with Crippen LogP contribution in [0.4, 0.5) is 0 Å². The SMILES string of the molecule is CC(C)N1CCC(N(C)C2CCCCC2CN)C1. The zero-order valence-electron chi connectivity index (χ0n) is 12.4. The molecule has 0 amide bonds. The second kappa shape index (κ2) is 6.36. The van der Waals surface area contributed by atoms with Gasteiger partial charge in [-0.2, -0.15) is 0 Å². The number of rotatable bonds is 4. The first kappa shape index (κ1) is 14.3. The average molecular weight is 253 g/mol. The molecule has 2 rings (SSSR count). The van der Waals surface area contributed by atoms with E-state index in [0.29, 0.717) is 6.04 Å². The molecule has 3 unspecified atom stereocenters. The zero-order chi connectivity index (χ0) is 13.1. The third-order valence-corrected chi connectivity index (χ3v) is 5.20. The van der Waals surface area contributed by atoms with Crippen molar-refractivity contribution in [1.82, 2.24) is 9.80 Å². The fourth-order valence-corrected chi connectivity index (χ4v) is 3.84. The molecule has 18 heavy (non-hydrogen) atoms. The summed E-state index contributed by atoms with van der Waals surface area (Å²) in [6.07, 6.45) is 6.81. The molecule has 0 aromatic carbocycles. The van der Waals surface area contributed by atoms with E-state index >= 15 is 0 Å². The molecular weight excluding hydrogens is 222 g/mol. The Morgan fingerprint density at radius 1 is 1.22 bits per heavy atom. The molecule has 0 bridgehead atoms. The Morgan fingerprint density at radius 2 is 1.94 bits per heavy atom. The average Bonchev–Trinajstić information content (AvgIpc) is 2.87. The summed E-state index contributed by atoms with van der Waals surface area (Å²) >= 11 is 0. The molecule has 3 heteroatoms. The first-order chi connectivity index (χ1) is 8.63. The quantitative estimate of drug-likeness (QED) is 0.831. The number of likely N-dealkylation sites (tertiary alicyclic amines) is 1. The lowest BCUT2D eigenvalue weighted by molar-refractivity contribution is 0.0919. The van der Waals surface area contributed by atoms with Gasteiger partial charge in [0.25, 0.3) is 0 Å². The lowest BCUT2D eigenvalue weighted by Crippen LogP contribution is -2.48. The van der Waals surface area contributed by atoms with Gasteiger partial charge in [0.05, 0.1) is 0 Å². The van der Waals surface area contributed by atoms with Crippen molar-refractivity contribution in [2.24, 2.45) is 11.7 Å². The molecule has 0 spiro atoms. The van der Waals surface area contributed by atoms with Gasteiger partial charge < -0.3 is 5.73 Å². The smallest absolute Gasteiger partial charge is 0.0235 e. The van der Waals surface area contributed by atoms with Gasteiger partial charge in [0, 0.05) is 31.2 Å². The summed E-state index contributed by atoms with van der Waals surface area (Å²) in [4.78, 5) is 5.28. The first-order valence-electron chi connectivity index (χ1n) is 7.79. The molecule has 0 aromatic heterocycles. The van der Waals surface area contributed by atoms with Crippen molar-refractivity contribution < 1.29 is 0 Å². The molecule has 1 saturated heterocycles. The molecule has 0 radical (unpaired) electrons. The Hall–Kier alpha value is -0.120. The van der Waals surface area contributed by atoms with Gasteiger partial charge in [0.15, 0.2) is 0 Å². The highest BCUT2D eigenvalue weighted by Gasteiger charge is 2.34. The van der Waals surface area contributed by atoms with Crippen LogP contribution in [-0.4, -0.2) is 54.6 Å². The monoisotopic (exact) mass is 253 g/mol. The third-order valence-electron chi connectivity index (χ3n) is 5.20. The van der Waals surface area contributed by atoms with Gasteiger partial charge in [-0.05, 0) is 52.6 Å². The predicted molar refractivity (Wildman–Crippen MR) is 77.7 cm³/mol. The fourth-order valence-electron chi connectivity index (χ4n) is 3.84. The molecule has 3 atom stereocenters. The lowest BCUT2D eigenvalue weighted by Gasteiger charge is -2.40. The second-order valence-electron chi connectivity index (χ2n) is 6.54. The van der Waals surface area contributed by atoms with E-state index in [-0.39, 0.29) is 0 Å². The van der Waals surface area contributed by atoms with Crippen LogP contribution in [0.25, 0.3) is 0 Å². The molecule has 1 aliphatic heterocycles. The number of hydrogen-bond acceptors (Lipinski definition) is 3. The Kier molecular flexibility index (Phi) is 5.05. The number of nitrogens with two attached hydrogens (primary N) is 1. The van der Waals surface area contributed by atoms with Gasteiger partial charge in [-0.25, -0.2) is 0 Å². The largest absolute Gasteiger partial charge is 0.330 e. The highest BCUT2D eigenvalue weighted by molar-refractivity contribution is 4.90. The lowest BCUT2D eigenvalue weighted by atomic mass is 9.83. The second-order valence-corrected chi connectivity index (χ2v) is 6.54. The van der Waals surface area contributed by atoms with E-state index in [0.717, 1.165) is 24.5 Å². The van der Waals surface area contributed by atoms with Gasteiger partial charge in [-0.15, -0.1) is 0 Å². The van der Waals surface area contributed by atoms with E-state index in [4.69, 9.17) is 5.73 Å². The van der Waals surface area contributed by atoms with Crippen molar-refractivity contribution in [2.75, 3.05) is 26.7 Å². The topological polar surface area (TPSA) is 32.5 Å². The van der Waals surface area contributed by atoms with Crippen LogP contribution in [0.2, 0.25) is 0 Å². The summed E-state index contributed by atoms with van der Waals surface area (Å²) < 4.78 is 0. The summed E-state index contributed by atoms with van der Waals surface area (Å²) in [6.45, 7) is 8.02. The summed E-state index contributed by atoms with van der Waals surface area (Å²) in [5.41, 5.74) is 5.97. The number of nitrogens with zero attached hydrogens (tertiary/aromatic N) is 2. The van der Waals surface area contributed by atoms with Crippen molar-refractivity contribution >= 4 is 0 Å². The maximum atomic E-state index is 5.97. The van der Waals surface area contributed by atoms with E-state index < -0.39 is 0 Å². The van der Waals surface area contributed by atoms with Crippen LogP contribution in [0.15, 0.2) is 0 Å². The molecule has 2 fully saturated rings. The third kappa shape index (κ3) is 3.06. The van der Waals surface area contributed by atoms with Crippen molar-refractivity contribution in [3.05, 3.63) is 0 Å². The van der Waals surface area contributed by atoms with Crippen LogP contribution in [-0.2, 0) is 0 Å². The Morgan fingerprint density at radius 3 is 2.56 bits per heavy atom. The summed E-state index contributed by atoms with van der Waals surface area (Å²) in [5, 5.41) is 0. The van der Waals surface area contributed by atoms with Crippen molar-refractivity contribution in [2.45, 2.75) is 64.1 Å². The molecule has 3 nitrogen and oxygen atoms in total. The molecular formula is C15H31N3. The highest BCUT2D eigenvalue weighted by Crippen LogP contribution is 2.30. The first-order valence-corrected chi connectivity index (χ1v) is 7.79. The molecule has 1 heterocycles. The highest BCUT2D eigenvalue weighted by atomic mass is 15.3. The molecule has 106 valence electrons. The van der Waals surface area contributed by atoms with Crippen LogP contribution in [0.1, 0.15) is 46.0 Å². The van der Waals surface area contributed by atoms with E-state index in [2.05, 4.69) is 30.7 Å². The summed E-state index contributed by atoms with van der Waals surface area (Å²) in [7, 11) is 2.34. The summed E-state index contributed by atoms with van der Waals surface area (Å²) in [5.74, 6) is 0.733. The minimum absolute atomic E-state index is 0.695. The van der Waals surface area contributed by atoms with Gasteiger partial charge in [0.1, 0.15) is 0 Å². The van der Waals surface area contributed by atoms with Crippen LogP contribution >= 0.6 is 0 Å². The molecule has 2 N–H and O–H groups in total. The standard InChI is InChI=1S/C15H31N3/c1-12(2)18-9-8-14(11-18)17(3)15-7-5-4-6-13(15)10-16/h12-15H,4-11,16H2,1-3H3. The van der Waals surface area contributed by atoms with Gasteiger partial charge >= 0.3 is 0 Å². The van der Waals surface area contributed by atoms with Crippen molar-refractivity contribution in [3.63, 3.8) is 0 Å². The van der Waals surface area contributed by atoms with Crippen LogP contribution < -0.4 is 5.73 Å². The minimum atomic E-state index is 0.695. The molecule has 2 aliphatic rings. The van der Waals surface area contributed by atoms with E-state index in [1.807, 2.05) is 0 Å². The van der Waals surface area contributed by atoms with Crippen molar-refractivity contribution in [3.8, 4) is 0 Å². The van der Waals surface area contributed by atoms with Crippen molar-refractivity contribution in [1.29, 1.82) is 0 Å². The Labute approximate surface area is 113 Å². The van der Waals surface area contributed by atoms with E-state index in [9.17, 15) is 0 Å². The van der Waals surface area contributed by atoms with Crippen LogP contribution in [0.5, 0.6) is 0 Å². The van der Waals surface area contributed by atoms with Crippen LogP contribution in [0.3, 0.4) is 0 Å². The van der Waals surface area contributed by atoms with Gasteiger partial charge in [-0.1, -0.05) is 12.8 Å². The Bertz CT molecular complexity index is 254.